The number of hydrogen-bond donors (Lipinski definition) is 0. The minimum Gasteiger partial charge on any atom is -0.309 e. The van der Waals surface area contributed by atoms with Gasteiger partial charge in [-0.25, -0.2) is 4.98 Å². The summed E-state index contributed by atoms with van der Waals surface area (Å²) in [6.45, 7) is 7.28. The van der Waals surface area contributed by atoms with Gasteiger partial charge in [-0.3, -0.25) is 19.2 Å². The minimum absolute atomic E-state index is 0.0609. The first-order chi connectivity index (χ1) is 15.4. The highest BCUT2D eigenvalue weighted by atomic mass is 16.1. The van der Waals surface area contributed by atoms with E-state index in [-0.39, 0.29) is 5.56 Å². The molecule has 2 aromatic carbocycles. The average molecular weight is 432 g/mol. The summed E-state index contributed by atoms with van der Waals surface area (Å²) >= 11 is 0. The molecule has 1 aromatic heterocycles. The fourth-order valence-corrected chi connectivity index (χ4v) is 4.21. The number of anilines is 2. The molecule has 0 saturated carbocycles. The average Bonchev–Trinajstić information content (AvgIpc) is 2.78. The van der Waals surface area contributed by atoms with Crippen LogP contribution in [0.5, 0.6) is 0 Å². The van der Waals surface area contributed by atoms with Gasteiger partial charge in [0.15, 0.2) is 0 Å². The molecule has 168 valence electrons. The molecule has 0 spiro atoms. The molecule has 0 bridgehead atoms. The van der Waals surface area contributed by atoms with Crippen molar-refractivity contribution in [1.82, 2.24) is 19.4 Å². The van der Waals surface area contributed by atoms with E-state index in [1.807, 2.05) is 29.7 Å². The molecule has 3 aromatic rings. The lowest BCUT2D eigenvalue weighted by Gasteiger charge is -2.38. The number of benzene rings is 2. The van der Waals surface area contributed by atoms with Crippen LogP contribution in [0, 0.1) is 13.8 Å². The maximum Gasteiger partial charge on any atom is 0.259 e. The molecule has 0 N–H and O–H groups in total. The summed E-state index contributed by atoms with van der Waals surface area (Å²) in [5.74, 6) is 0.733. The highest BCUT2D eigenvalue weighted by molar-refractivity contribution is 5.59. The first kappa shape index (κ1) is 22.2. The summed E-state index contributed by atoms with van der Waals surface area (Å²) in [5.41, 5.74) is 5.05. The van der Waals surface area contributed by atoms with Crippen LogP contribution in [0.3, 0.4) is 0 Å². The number of nitrogens with zero attached hydrogens (tertiary/aromatic N) is 5. The molecule has 0 atom stereocenters. The first-order valence-electron chi connectivity index (χ1n) is 11.3. The van der Waals surface area contributed by atoms with Crippen molar-refractivity contribution in [1.29, 1.82) is 0 Å². The second kappa shape index (κ2) is 9.67. The summed E-state index contributed by atoms with van der Waals surface area (Å²) in [7, 11) is 4.19. The van der Waals surface area contributed by atoms with Crippen molar-refractivity contribution in [2.45, 2.75) is 33.4 Å². The Morgan fingerprint density at radius 1 is 0.969 bits per heavy atom. The van der Waals surface area contributed by atoms with Crippen molar-refractivity contribution in [2.75, 3.05) is 38.8 Å². The van der Waals surface area contributed by atoms with E-state index in [0.29, 0.717) is 13.1 Å². The van der Waals surface area contributed by atoms with Crippen LogP contribution in [0.2, 0.25) is 0 Å². The summed E-state index contributed by atoms with van der Waals surface area (Å²) in [5, 5.41) is 0. The predicted molar refractivity (Wildman–Crippen MR) is 131 cm³/mol. The molecule has 32 heavy (non-hydrogen) atoms. The van der Waals surface area contributed by atoms with Crippen LogP contribution in [0.1, 0.15) is 28.8 Å². The molecule has 4 rings (SSSR count). The number of hydrogen-bond acceptors (Lipinski definition) is 5. The molecule has 0 radical (unpaired) electrons. The van der Waals surface area contributed by atoms with Crippen molar-refractivity contribution >= 4 is 11.6 Å². The Morgan fingerprint density at radius 2 is 1.69 bits per heavy atom. The molecule has 0 amide bonds. The summed E-state index contributed by atoms with van der Waals surface area (Å²) < 4.78 is 1.85. The zero-order valence-electron chi connectivity index (χ0n) is 19.6. The second-order valence-electron chi connectivity index (χ2n) is 8.97. The minimum atomic E-state index is 0.0609. The molecule has 6 nitrogen and oxygen atoms in total. The largest absolute Gasteiger partial charge is 0.309 e. The molecule has 1 aliphatic rings. The highest BCUT2D eigenvalue weighted by Gasteiger charge is 2.27. The summed E-state index contributed by atoms with van der Waals surface area (Å²) in [6.07, 6.45) is 1.65. The van der Waals surface area contributed by atoms with Crippen LogP contribution in [0.15, 0.2) is 59.4 Å². The van der Waals surface area contributed by atoms with Gasteiger partial charge in [0.2, 0.25) is 5.95 Å². The normalized spacial score (nSPS) is 14.1. The lowest BCUT2D eigenvalue weighted by Crippen LogP contribution is -2.48. The Hall–Kier alpha value is -2.96. The van der Waals surface area contributed by atoms with Crippen LogP contribution in [-0.2, 0) is 13.1 Å². The highest BCUT2D eigenvalue weighted by Crippen LogP contribution is 2.28. The lowest BCUT2D eigenvalue weighted by atomic mass is 10.1. The number of aromatic nitrogens is 2. The topological polar surface area (TPSA) is 44.6 Å². The van der Waals surface area contributed by atoms with Gasteiger partial charge in [0.1, 0.15) is 0 Å². The monoisotopic (exact) mass is 431 g/mol. The molecule has 0 fully saturated rings. The summed E-state index contributed by atoms with van der Waals surface area (Å²) in [6, 6.07) is 18.6. The molecule has 2 heterocycles. The Balaban J connectivity index is 1.72. The van der Waals surface area contributed by atoms with E-state index in [2.05, 4.69) is 72.1 Å². The number of fused-ring (bicyclic) bond motifs is 1. The van der Waals surface area contributed by atoms with Gasteiger partial charge in [0.05, 0.1) is 19.0 Å². The van der Waals surface area contributed by atoms with Crippen molar-refractivity contribution in [3.8, 4) is 0 Å². The smallest absolute Gasteiger partial charge is 0.259 e. The first-order valence-corrected chi connectivity index (χ1v) is 11.3. The van der Waals surface area contributed by atoms with E-state index in [9.17, 15) is 4.79 Å². The summed E-state index contributed by atoms with van der Waals surface area (Å²) in [4.78, 5) is 25.3. The van der Waals surface area contributed by atoms with Gasteiger partial charge in [-0.15, -0.1) is 0 Å². The molecular formula is C26H33N5O. The Bertz CT molecular complexity index is 1110. The van der Waals surface area contributed by atoms with Crippen LogP contribution < -0.4 is 10.5 Å². The zero-order valence-corrected chi connectivity index (χ0v) is 19.6. The van der Waals surface area contributed by atoms with Crippen molar-refractivity contribution < 1.29 is 0 Å². The van der Waals surface area contributed by atoms with Crippen molar-refractivity contribution in [2.24, 2.45) is 0 Å². The van der Waals surface area contributed by atoms with Gasteiger partial charge in [-0.05, 0) is 58.6 Å². The zero-order chi connectivity index (χ0) is 22.7. The molecule has 0 unspecified atom stereocenters. The van der Waals surface area contributed by atoms with E-state index in [1.54, 1.807) is 0 Å². The molecule has 0 aliphatic carbocycles. The second-order valence-corrected chi connectivity index (χ2v) is 8.97. The lowest BCUT2D eigenvalue weighted by molar-refractivity contribution is 0.189. The molecule has 6 heteroatoms. The fourth-order valence-electron chi connectivity index (χ4n) is 4.21. The maximum atomic E-state index is 13.7. The van der Waals surface area contributed by atoms with E-state index in [4.69, 9.17) is 4.98 Å². The van der Waals surface area contributed by atoms with E-state index < -0.39 is 0 Å². The molecule has 1 aliphatic heterocycles. The Labute approximate surface area is 190 Å². The van der Waals surface area contributed by atoms with Gasteiger partial charge >= 0.3 is 0 Å². The van der Waals surface area contributed by atoms with Crippen LogP contribution in [0.25, 0.3) is 0 Å². The van der Waals surface area contributed by atoms with Gasteiger partial charge in [0.25, 0.3) is 5.56 Å². The van der Waals surface area contributed by atoms with Crippen molar-refractivity contribution in [3.63, 3.8) is 0 Å². The van der Waals surface area contributed by atoms with Gasteiger partial charge in [-0.1, -0.05) is 48.0 Å². The third kappa shape index (κ3) is 4.92. The SMILES string of the molecule is Cc1ccc(N2CN(CCCN(C)C)Cn3c2nc(C)c(Cc2ccccc2)c3=O)cc1. The maximum absolute atomic E-state index is 13.7. The van der Waals surface area contributed by atoms with Crippen molar-refractivity contribution in [3.05, 3.63) is 87.3 Å². The third-order valence-corrected chi connectivity index (χ3v) is 6.02. The third-order valence-electron chi connectivity index (χ3n) is 6.02. The Kier molecular flexibility index (Phi) is 6.72. The Morgan fingerprint density at radius 3 is 2.38 bits per heavy atom. The van der Waals surface area contributed by atoms with Crippen LogP contribution in [0.4, 0.5) is 11.6 Å². The quantitative estimate of drug-likeness (QED) is 0.570. The fraction of sp³-hybridized carbons (Fsp3) is 0.385. The predicted octanol–water partition coefficient (Wildman–Crippen LogP) is 3.77. The van der Waals surface area contributed by atoms with Gasteiger partial charge < -0.3 is 4.90 Å². The van der Waals surface area contributed by atoms with Crippen LogP contribution in [-0.4, -0.2) is 53.2 Å². The van der Waals surface area contributed by atoms with E-state index in [1.165, 1.54) is 5.56 Å². The van der Waals surface area contributed by atoms with E-state index in [0.717, 1.165) is 54.6 Å². The van der Waals surface area contributed by atoms with Gasteiger partial charge in [0, 0.05) is 24.2 Å². The number of rotatable bonds is 7. The number of aryl methyl sites for hydroxylation is 2. The van der Waals surface area contributed by atoms with Gasteiger partial charge in [-0.2, -0.15) is 0 Å². The van der Waals surface area contributed by atoms with Crippen LogP contribution >= 0.6 is 0 Å². The molecule has 0 saturated heterocycles. The molecular weight excluding hydrogens is 398 g/mol. The van der Waals surface area contributed by atoms with E-state index >= 15 is 0 Å². The standard InChI is InChI=1S/C26H33N5O/c1-20-11-13-23(14-12-20)30-18-29(16-8-15-28(3)4)19-31-25(32)24(21(2)27-26(30)31)17-22-9-6-5-7-10-22/h5-7,9-14H,8,15-19H2,1-4H3.